The van der Waals surface area contributed by atoms with Gasteiger partial charge in [-0.05, 0) is 5.56 Å². The number of benzene rings is 1. The van der Waals surface area contributed by atoms with Crippen LogP contribution in [0.5, 0.6) is 0 Å². The first-order chi connectivity index (χ1) is 8.72. The van der Waals surface area contributed by atoms with Crippen LogP contribution in [-0.2, 0) is 20.9 Å². The summed E-state index contributed by atoms with van der Waals surface area (Å²) in [6.45, 7) is 1.13. The molecule has 0 aliphatic carbocycles. The lowest BCUT2D eigenvalue weighted by Crippen LogP contribution is -2.57. The van der Waals surface area contributed by atoms with Crippen molar-refractivity contribution in [3.05, 3.63) is 35.9 Å². The van der Waals surface area contributed by atoms with Crippen LogP contribution in [0.15, 0.2) is 30.3 Å². The fraction of sp³-hybridized carbons (Fsp3) is 0.385. The molecule has 0 spiro atoms. The van der Waals surface area contributed by atoms with Crippen LogP contribution in [0.25, 0.3) is 0 Å². The van der Waals surface area contributed by atoms with Crippen molar-refractivity contribution in [2.75, 3.05) is 20.2 Å². The van der Waals surface area contributed by atoms with Gasteiger partial charge in [-0.25, -0.2) is 4.79 Å². The van der Waals surface area contributed by atoms with Gasteiger partial charge < -0.3 is 15.0 Å². The van der Waals surface area contributed by atoms with E-state index in [0.717, 1.165) is 5.56 Å². The van der Waals surface area contributed by atoms with E-state index in [2.05, 4.69) is 5.32 Å². The summed E-state index contributed by atoms with van der Waals surface area (Å²) < 4.78 is 4.73. The quantitative estimate of drug-likeness (QED) is 0.774. The van der Waals surface area contributed by atoms with Gasteiger partial charge in [-0.2, -0.15) is 0 Å². The number of hydrogen-bond acceptors (Lipinski definition) is 4. The van der Waals surface area contributed by atoms with Gasteiger partial charge in [0.05, 0.1) is 13.7 Å². The van der Waals surface area contributed by atoms with Crippen molar-refractivity contribution in [3.8, 4) is 0 Å². The third kappa shape index (κ3) is 2.68. The van der Waals surface area contributed by atoms with Crippen LogP contribution in [0.1, 0.15) is 5.56 Å². The Morgan fingerprint density at radius 2 is 2.17 bits per heavy atom. The molecule has 2 rings (SSSR count). The molecule has 96 valence electrons. The molecule has 5 nitrogen and oxygen atoms in total. The lowest BCUT2D eigenvalue weighted by Gasteiger charge is -2.34. The van der Waals surface area contributed by atoms with Crippen molar-refractivity contribution in [3.63, 3.8) is 0 Å². The smallest absolute Gasteiger partial charge is 0.329 e. The van der Waals surface area contributed by atoms with Crippen LogP contribution in [0.2, 0.25) is 0 Å². The number of carbonyl (C=O) groups is 2. The fourth-order valence-electron chi connectivity index (χ4n) is 2.03. The summed E-state index contributed by atoms with van der Waals surface area (Å²) in [6, 6.07) is 9.06. The maximum atomic E-state index is 11.9. The van der Waals surface area contributed by atoms with E-state index in [0.29, 0.717) is 13.1 Å². The Hall–Kier alpha value is -1.88. The third-order valence-corrected chi connectivity index (χ3v) is 2.98. The normalized spacial score (nSPS) is 19.7. The van der Waals surface area contributed by atoms with Crippen LogP contribution in [0, 0.1) is 0 Å². The minimum atomic E-state index is -0.545. The highest BCUT2D eigenvalue weighted by Crippen LogP contribution is 2.12. The summed E-state index contributed by atoms with van der Waals surface area (Å²) in [5.41, 5.74) is 1.00. The minimum absolute atomic E-state index is 0.0829. The van der Waals surface area contributed by atoms with Crippen LogP contribution < -0.4 is 5.32 Å². The Morgan fingerprint density at radius 3 is 2.83 bits per heavy atom. The molecule has 1 fully saturated rings. The molecule has 0 bridgehead atoms. The fourth-order valence-corrected chi connectivity index (χ4v) is 2.03. The first-order valence-electron chi connectivity index (χ1n) is 5.84. The molecule has 1 heterocycles. The zero-order valence-electron chi connectivity index (χ0n) is 10.3. The molecular weight excluding hydrogens is 232 g/mol. The summed E-state index contributed by atoms with van der Waals surface area (Å²) in [5.74, 6) is -0.466. The van der Waals surface area contributed by atoms with E-state index in [-0.39, 0.29) is 18.4 Å². The summed E-state index contributed by atoms with van der Waals surface area (Å²) in [7, 11) is 1.34. The highest BCUT2D eigenvalue weighted by molar-refractivity contribution is 5.87. The van der Waals surface area contributed by atoms with Gasteiger partial charge in [0.25, 0.3) is 0 Å². The molecule has 0 radical (unpaired) electrons. The molecule has 18 heavy (non-hydrogen) atoms. The zero-order valence-corrected chi connectivity index (χ0v) is 10.3. The van der Waals surface area contributed by atoms with Crippen molar-refractivity contribution < 1.29 is 14.3 Å². The van der Waals surface area contributed by atoms with Crippen LogP contribution in [0.4, 0.5) is 0 Å². The standard InChI is InChI=1S/C13H16N2O3/c1-18-13(17)11-7-14-8-12(16)15(11)9-10-5-3-2-4-6-10/h2-6,11,14H,7-9H2,1H3. The molecule has 1 aromatic rings. The van der Waals surface area contributed by atoms with Crippen molar-refractivity contribution in [2.45, 2.75) is 12.6 Å². The van der Waals surface area contributed by atoms with Gasteiger partial charge in [-0.15, -0.1) is 0 Å². The van der Waals surface area contributed by atoms with E-state index < -0.39 is 6.04 Å². The maximum absolute atomic E-state index is 11.9. The largest absolute Gasteiger partial charge is 0.467 e. The number of ether oxygens (including phenoxy) is 1. The van der Waals surface area contributed by atoms with E-state index in [1.54, 1.807) is 4.90 Å². The van der Waals surface area contributed by atoms with E-state index in [9.17, 15) is 9.59 Å². The molecule has 0 aromatic heterocycles. The zero-order chi connectivity index (χ0) is 13.0. The molecule has 1 aliphatic heterocycles. The van der Waals surface area contributed by atoms with Crippen LogP contribution >= 0.6 is 0 Å². The van der Waals surface area contributed by atoms with Crippen molar-refractivity contribution in [1.82, 2.24) is 10.2 Å². The predicted octanol–water partition coefficient (Wildman–Crippen LogP) is 0.160. The predicted molar refractivity (Wildman–Crippen MR) is 65.7 cm³/mol. The number of methoxy groups -OCH3 is 1. The van der Waals surface area contributed by atoms with E-state index in [1.165, 1.54) is 7.11 Å². The molecule has 1 N–H and O–H groups in total. The monoisotopic (exact) mass is 248 g/mol. The second-order valence-electron chi connectivity index (χ2n) is 4.18. The highest BCUT2D eigenvalue weighted by Gasteiger charge is 2.33. The molecular formula is C13H16N2O3. The van der Waals surface area contributed by atoms with E-state index >= 15 is 0 Å². The van der Waals surface area contributed by atoms with Crippen LogP contribution in [-0.4, -0.2) is 43.0 Å². The Bertz CT molecular complexity index is 433. The molecule has 1 aromatic carbocycles. The molecule has 1 aliphatic rings. The number of carbonyl (C=O) groups excluding carboxylic acids is 2. The van der Waals surface area contributed by atoms with Crippen LogP contribution in [0.3, 0.4) is 0 Å². The number of nitrogens with one attached hydrogen (secondary N) is 1. The summed E-state index contributed by atoms with van der Waals surface area (Å²) in [6.07, 6.45) is 0. The molecule has 5 heteroatoms. The average molecular weight is 248 g/mol. The van der Waals surface area contributed by atoms with Crippen molar-refractivity contribution >= 4 is 11.9 Å². The molecule has 1 atom stereocenters. The number of nitrogens with zero attached hydrogens (tertiary/aromatic N) is 1. The minimum Gasteiger partial charge on any atom is -0.467 e. The molecule has 0 saturated carbocycles. The van der Waals surface area contributed by atoms with Gasteiger partial charge in [0.1, 0.15) is 6.04 Å². The summed E-state index contributed by atoms with van der Waals surface area (Å²) in [5, 5.41) is 2.92. The van der Waals surface area contributed by atoms with Gasteiger partial charge in [0.2, 0.25) is 5.91 Å². The SMILES string of the molecule is COC(=O)C1CNCC(=O)N1Cc1ccccc1. The number of amides is 1. The Morgan fingerprint density at radius 1 is 1.44 bits per heavy atom. The number of rotatable bonds is 3. The topological polar surface area (TPSA) is 58.6 Å². The van der Waals surface area contributed by atoms with Crippen molar-refractivity contribution in [1.29, 1.82) is 0 Å². The lowest BCUT2D eigenvalue weighted by atomic mass is 10.1. The van der Waals surface area contributed by atoms with Gasteiger partial charge >= 0.3 is 5.97 Å². The maximum Gasteiger partial charge on any atom is 0.329 e. The van der Waals surface area contributed by atoms with E-state index in [4.69, 9.17) is 4.74 Å². The third-order valence-electron chi connectivity index (χ3n) is 2.98. The summed E-state index contributed by atoms with van der Waals surface area (Å²) in [4.78, 5) is 25.1. The molecule has 1 amide bonds. The number of piperazine rings is 1. The first-order valence-corrected chi connectivity index (χ1v) is 5.84. The van der Waals surface area contributed by atoms with E-state index in [1.807, 2.05) is 30.3 Å². The van der Waals surface area contributed by atoms with Gasteiger partial charge in [0.15, 0.2) is 0 Å². The van der Waals surface area contributed by atoms with Gasteiger partial charge in [-0.3, -0.25) is 4.79 Å². The molecule has 1 saturated heterocycles. The second-order valence-corrected chi connectivity index (χ2v) is 4.18. The second kappa shape index (κ2) is 5.64. The van der Waals surface area contributed by atoms with Gasteiger partial charge in [0, 0.05) is 13.1 Å². The highest BCUT2D eigenvalue weighted by atomic mass is 16.5. The van der Waals surface area contributed by atoms with Crippen molar-refractivity contribution in [2.24, 2.45) is 0 Å². The van der Waals surface area contributed by atoms with Gasteiger partial charge in [-0.1, -0.05) is 30.3 Å². The number of esters is 1. The Kier molecular flexibility index (Phi) is 3.94. The Balaban J connectivity index is 2.15. The average Bonchev–Trinajstić information content (AvgIpc) is 2.41. The first kappa shape index (κ1) is 12.6. The molecule has 1 unspecified atom stereocenters. The Labute approximate surface area is 106 Å². The lowest BCUT2D eigenvalue weighted by molar-refractivity contribution is -0.155. The number of hydrogen-bond donors (Lipinski definition) is 1. The summed E-state index contributed by atoms with van der Waals surface area (Å²) >= 11 is 0.